The van der Waals surface area contributed by atoms with Crippen molar-refractivity contribution in [1.82, 2.24) is 10.3 Å². The summed E-state index contributed by atoms with van der Waals surface area (Å²) in [6.45, 7) is 3.21. The summed E-state index contributed by atoms with van der Waals surface area (Å²) >= 11 is 0. The van der Waals surface area contributed by atoms with Crippen molar-refractivity contribution in [2.75, 3.05) is 0 Å². The molecule has 1 heterocycles. The fourth-order valence-electron chi connectivity index (χ4n) is 1.75. The van der Waals surface area contributed by atoms with E-state index in [4.69, 9.17) is 0 Å². The summed E-state index contributed by atoms with van der Waals surface area (Å²) in [6.07, 6.45) is 3.58. The SMILES string of the molecule is Cc1cnccc1CNCc1cccc(O)c1O. The minimum absolute atomic E-state index is 0.0588. The molecule has 0 unspecified atom stereocenters. The van der Waals surface area contributed by atoms with Gasteiger partial charge in [0.2, 0.25) is 0 Å². The van der Waals surface area contributed by atoms with Crippen molar-refractivity contribution in [2.24, 2.45) is 0 Å². The summed E-state index contributed by atoms with van der Waals surface area (Å²) in [4.78, 5) is 4.04. The van der Waals surface area contributed by atoms with E-state index < -0.39 is 0 Å². The molecule has 94 valence electrons. The number of phenolic OH excluding ortho intramolecular Hbond substituents is 2. The van der Waals surface area contributed by atoms with E-state index >= 15 is 0 Å². The Balaban J connectivity index is 1.97. The number of hydrogen-bond donors (Lipinski definition) is 3. The molecule has 18 heavy (non-hydrogen) atoms. The zero-order chi connectivity index (χ0) is 13.0. The number of aromatic hydroxyl groups is 2. The first kappa shape index (κ1) is 12.4. The number of phenols is 2. The third kappa shape index (κ3) is 2.78. The largest absolute Gasteiger partial charge is 0.504 e. The van der Waals surface area contributed by atoms with E-state index in [1.165, 1.54) is 11.6 Å². The van der Waals surface area contributed by atoms with Crippen LogP contribution in [0.25, 0.3) is 0 Å². The van der Waals surface area contributed by atoms with Gasteiger partial charge in [-0.15, -0.1) is 0 Å². The van der Waals surface area contributed by atoms with Crippen molar-refractivity contribution in [3.63, 3.8) is 0 Å². The smallest absolute Gasteiger partial charge is 0.161 e. The Hall–Kier alpha value is -2.07. The van der Waals surface area contributed by atoms with E-state index in [1.807, 2.05) is 19.2 Å². The van der Waals surface area contributed by atoms with Gasteiger partial charge in [-0.1, -0.05) is 12.1 Å². The Morgan fingerprint density at radius 1 is 1.11 bits per heavy atom. The predicted molar refractivity (Wildman–Crippen MR) is 69.3 cm³/mol. The van der Waals surface area contributed by atoms with Gasteiger partial charge in [-0.05, 0) is 30.2 Å². The summed E-state index contributed by atoms with van der Waals surface area (Å²) in [5, 5.41) is 22.3. The summed E-state index contributed by atoms with van der Waals surface area (Å²) in [7, 11) is 0. The van der Waals surface area contributed by atoms with Crippen LogP contribution in [0, 0.1) is 6.92 Å². The Morgan fingerprint density at radius 2 is 1.89 bits per heavy atom. The number of nitrogens with one attached hydrogen (secondary N) is 1. The van der Waals surface area contributed by atoms with Crippen molar-refractivity contribution in [3.8, 4) is 11.5 Å². The highest BCUT2D eigenvalue weighted by Crippen LogP contribution is 2.27. The molecule has 0 fully saturated rings. The second-order valence-electron chi connectivity index (χ2n) is 4.19. The van der Waals surface area contributed by atoms with E-state index in [1.54, 1.807) is 18.3 Å². The van der Waals surface area contributed by atoms with Crippen LogP contribution in [0.2, 0.25) is 0 Å². The number of aryl methyl sites for hydroxylation is 1. The minimum atomic E-state index is -0.0885. The summed E-state index contributed by atoms with van der Waals surface area (Å²) in [5.41, 5.74) is 2.98. The molecule has 0 radical (unpaired) electrons. The molecule has 2 rings (SSSR count). The zero-order valence-corrected chi connectivity index (χ0v) is 10.2. The molecule has 0 aliphatic rings. The van der Waals surface area contributed by atoms with Crippen LogP contribution in [0.5, 0.6) is 11.5 Å². The highest BCUT2D eigenvalue weighted by molar-refractivity contribution is 5.44. The first-order valence-corrected chi connectivity index (χ1v) is 5.78. The number of nitrogens with zero attached hydrogens (tertiary/aromatic N) is 1. The third-order valence-corrected chi connectivity index (χ3v) is 2.87. The fraction of sp³-hybridized carbons (Fsp3) is 0.214. The normalized spacial score (nSPS) is 10.5. The molecule has 0 amide bonds. The first-order valence-electron chi connectivity index (χ1n) is 5.78. The number of para-hydroxylation sites is 1. The van der Waals surface area contributed by atoms with E-state index in [9.17, 15) is 10.2 Å². The van der Waals surface area contributed by atoms with Gasteiger partial charge in [0, 0.05) is 31.0 Å². The van der Waals surface area contributed by atoms with Crippen LogP contribution in [0.3, 0.4) is 0 Å². The molecule has 0 atom stereocenters. The average molecular weight is 244 g/mol. The van der Waals surface area contributed by atoms with Gasteiger partial charge < -0.3 is 15.5 Å². The molecule has 1 aromatic carbocycles. The maximum absolute atomic E-state index is 9.65. The van der Waals surface area contributed by atoms with Crippen molar-refractivity contribution < 1.29 is 10.2 Å². The van der Waals surface area contributed by atoms with Crippen LogP contribution in [0.1, 0.15) is 16.7 Å². The molecule has 2 aromatic rings. The average Bonchev–Trinajstić information content (AvgIpc) is 2.37. The maximum atomic E-state index is 9.65. The van der Waals surface area contributed by atoms with Gasteiger partial charge >= 0.3 is 0 Å². The van der Waals surface area contributed by atoms with E-state index in [0.717, 1.165) is 5.56 Å². The van der Waals surface area contributed by atoms with Crippen LogP contribution in [-0.2, 0) is 13.1 Å². The number of hydrogen-bond acceptors (Lipinski definition) is 4. The molecular weight excluding hydrogens is 228 g/mol. The Bertz CT molecular complexity index is 541. The van der Waals surface area contributed by atoms with Crippen molar-refractivity contribution in [3.05, 3.63) is 53.3 Å². The van der Waals surface area contributed by atoms with Gasteiger partial charge in [0.1, 0.15) is 0 Å². The summed E-state index contributed by atoms with van der Waals surface area (Å²) in [5.74, 6) is -0.147. The van der Waals surface area contributed by atoms with Gasteiger partial charge in [0.25, 0.3) is 0 Å². The van der Waals surface area contributed by atoms with Gasteiger partial charge in [0.15, 0.2) is 11.5 Å². The second kappa shape index (κ2) is 5.51. The van der Waals surface area contributed by atoms with Crippen molar-refractivity contribution in [1.29, 1.82) is 0 Å². The maximum Gasteiger partial charge on any atom is 0.161 e. The Morgan fingerprint density at radius 3 is 2.67 bits per heavy atom. The monoisotopic (exact) mass is 244 g/mol. The van der Waals surface area contributed by atoms with Crippen LogP contribution in [0.4, 0.5) is 0 Å². The standard InChI is InChI=1S/C14H16N2O2/c1-10-7-15-6-5-11(10)8-16-9-12-3-2-4-13(17)14(12)18/h2-7,16-18H,8-9H2,1H3. The van der Waals surface area contributed by atoms with Crippen molar-refractivity contribution in [2.45, 2.75) is 20.0 Å². The van der Waals surface area contributed by atoms with Crippen LogP contribution < -0.4 is 5.32 Å². The number of benzene rings is 1. The number of pyridine rings is 1. The quantitative estimate of drug-likeness (QED) is 0.720. The molecule has 4 heteroatoms. The molecule has 0 saturated carbocycles. The van der Waals surface area contributed by atoms with Crippen LogP contribution in [-0.4, -0.2) is 15.2 Å². The fourth-order valence-corrected chi connectivity index (χ4v) is 1.75. The second-order valence-corrected chi connectivity index (χ2v) is 4.19. The predicted octanol–water partition coefficient (Wildman–Crippen LogP) is 2.09. The molecule has 3 N–H and O–H groups in total. The summed E-state index contributed by atoms with van der Waals surface area (Å²) in [6, 6.07) is 6.92. The molecule has 0 bridgehead atoms. The molecular formula is C14H16N2O2. The molecule has 4 nitrogen and oxygen atoms in total. The lowest BCUT2D eigenvalue weighted by molar-refractivity contribution is 0.397. The highest BCUT2D eigenvalue weighted by atomic mass is 16.3. The van der Waals surface area contributed by atoms with Gasteiger partial charge in [-0.25, -0.2) is 0 Å². The molecule has 0 saturated heterocycles. The number of aromatic nitrogens is 1. The lowest BCUT2D eigenvalue weighted by atomic mass is 10.1. The number of rotatable bonds is 4. The molecule has 1 aromatic heterocycles. The van der Waals surface area contributed by atoms with E-state index in [-0.39, 0.29) is 11.5 Å². The van der Waals surface area contributed by atoms with Crippen molar-refractivity contribution >= 4 is 0 Å². The van der Waals surface area contributed by atoms with E-state index in [2.05, 4.69) is 10.3 Å². The summed E-state index contributed by atoms with van der Waals surface area (Å²) < 4.78 is 0. The van der Waals surface area contributed by atoms with Gasteiger partial charge in [-0.2, -0.15) is 0 Å². The first-order chi connectivity index (χ1) is 8.68. The molecule has 0 spiro atoms. The van der Waals surface area contributed by atoms with Gasteiger partial charge in [0.05, 0.1) is 0 Å². The zero-order valence-electron chi connectivity index (χ0n) is 10.2. The molecule has 0 aliphatic heterocycles. The lowest BCUT2D eigenvalue weighted by Crippen LogP contribution is -2.13. The third-order valence-electron chi connectivity index (χ3n) is 2.87. The Labute approximate surface area is 106 Å². The Kier molecular flexibility index (Phi) is 3.79. The topological polar surface area (TPSA) is 65.4 Å². The van der Waals surface area contributed by atoms with Gasteiger partial charge in [-0.3, -0.25) is 4.98 Å². The van der Waals surface area contributed by atoms with E-state index in [0.29, 0.717) is 18.7 Å². The highest BCUT2D eigenvalue weighted by Gasteiger charge is 2.05. The van der Waals surface area contributed by atoms with Crippen LogP contribution in [0.15, 0.2) is 36.7 Å². The van der Waals surface area contributed by atoms with Crippen LogP contribution >= 0.6 is 0 Å². The minimum Gasteiger partial charge on any atom is -0.504 e. The molecule has 0 aliphatic carbocycles. The lowest BCUT2D eigenvalue weighted by Gasteiger charge is -2.09.